The van der Waals surface area contributed by atoms with E-state index >= 15 is 0 Å². The van der Waals surface area contributed by atoms with Crippen LogP contribution in [0.4, 0.5) is 0 Å². The van der Waals surface area contributed by atoms with E-state index < -0.39 is 23.3 Å². The van der Waals surface area contributed by atoms with Gasteiger partial charge in [-0.25, -0.2) is 4.79 Å². The van der Waals surface area contributed by atoms with Crippen LogP contribution >= 0.6 is 11.8 Å². The third-order valence-electron chi connectivity index (χ3n) is 5.86. The summed E-state index contributed by atoms with van der Waals surface area (Å²) in [5, 5.41) is 18.4. The van der Waals surface area contributed by atoms with E-state index in [-0.39, 0.29) is 12.3 Å². The van der Waals surface area contributed by atoms with Crippen LogP contribution in [-0.4, -0.2) is 41.1 Å². The summed E-state index contributed by atoms with van der Waals surface area (Å²) in [5.74, 6) is -1.49. The fourth-order valence-electron chi connectivity index (χ4n) is 4.19. The minimum atomic E-state index is -1.06. The first-order chi connectivity index (χ1) is 16.0. The molecule has 3 atom stereocenters. The lowest BCUT2D eigenvalue weighted by atomic mass is 9.83. The second kappa shape index (κ2) is 14.8. The maximum absolute atomic E-state index is 12.0. The summed E-state index contributed by atoms with van der Waals surface area (Å²) in [6.45, 7) is 2.21. The number of methoxy groups -OCH3 is 1. The van der Waals surface area contributed by atoms with Gasteiger partial charge >= 0.3 is 11.9 Å². The molecule has 2 aromatic carbocycles. The topological polar surface area (TPSA) is 83.8 Å². The molecule has 0 spiro atoms. The number of benzene rings is 2. The van der Waals surface area contributed by atoms with Crippen LogP contribution in [-0.2, 0) is 14.3 Å². The first-order valence-corrected chi connectivity index (χ1v) is 12.8. The molecule has 0 radical (unpaired) electrons. The highest BCUT2D eigenvalue weighted by Crippen LogP contribution is 2.41. The molecule has 5 nitrogen and oxygen atoms in total. The second-order valence-electron chi connectivity index (χ2n) is 8.22. The van der Waals surface area contributed by atoms with E-state index in [1.165, 1.54) is 50.1 Å². The van der Waals surface area contributed by atoms with E-state index in [2.05, 4.69) is 25.1 Å². The number of hydrogen-bond acceptors (Lipinski definition) is 4. The van der Waals surface area contributed by atoms with Crippen molar-refractivity contribution in [2.24, 2.45) is 0 Å². The average Bonchev–Trinajstić information content (AvgIpc) is 2.81. The first kappa shape index (κ1) is 26.9. The van der Waals surface area contributed by atoms with Gasteiger partial charge in [-0.05, 0) is 23.1 Å². The Labute approximate surface area is 201 Å². The number of aliphatic carboxylic acids is 2. The Balaban J connectivity index is 2.42. The van der Waals surface area contributed by atoms with Crippen molar-refractivity contribution in [3.05, 3.63) is 71.3 Å². The van der Waals surface area contributed by atoms with Crippen LogP contribution in [0.25, 0.3) is 0 Å². The zero-order valence-electron chi connectivity index (χ0n) is 19.6. The highest BCUT2D eigenvalue weighted by Gasteiger charge is 2.33. The van der Waals surface area contributed by atoms with Gasteiger partial charge in [-0.1, -0.05) is 93.6 Å². The number of rotatable bonds is 16. The average molecular weight is 473 g/mol. The lowest BCUT2D eigenvalue weighted by Crippen LogP contribution is -2.29. The SMILES string of the molecule is CCCCCCCC(c1ccccc1)c1ccccc1C(SCCC(=O)O)C(OC)C(=O)O. The summed E-state index contributed by atoms with van der Waals surface area (Å²) < 4.78 is 5.38. The standard InChI is InChI=1S/C27H36O5S/c1-3-4-5-6-10-15-21(20-13-8-7-9-14-20)22-16-11-12-17-23(22)26(25(32-2)27(30)31)33-19-18-24(28)29/h7-9,11-14,16-17,21,25-26H,3-6,10,15,18-19H2,1-2H3,(H,28,29)(H,30,31). The van der Waals surface area contributed by atoms with Gasteiger partial charge in [0.1, 0.15) is 0 Å². The molecule has 180 valence electrons. The van der Waals surface area contributed by atoms with Gasteiger partial charge in [0.05, 0.1) is 11.7 Å². The fourth-order valence-corrected chi connectivity index (χ4v) is 5.54. The molecule has 0 bridgehead atoms. The van der Waals surface area contributed by atoms with Crippen LogP contribution in [0.2, 0.25) is 0 Å². The Morgan fingerprint density at radius 1 is 0.909 bits per heavy atom. The van der Waals surface area contributed by atoms with Gasteiger partial charge < -0.3 is 14.9 Å². The van der Waals surface area contributed by atoms with Crippen molar-refractivity contribution >= 4 is 23.7 Å². The molecule has 6 heteroatoms. The van der Waals surface area contributed by atoms with Gasteiger partial charge in [0.15, 0.2) is 6.10 Å². The van der Waals surface area contributed by atoms with Crippen LogP contribution in [0.1, 0.15) is 79.7 Å². The summed E-state index contributed by atoms with van der Waals surface area (Å²) >= 11 is 1.34. The number of carbonyl (C=O) groups is 2. The van der Waals surface area contributed by atoms with Crippen LogP contribution in [0.3, 0.4) is 0 Å². The fraction of sp³-hybridized carbons (Fsp3) is 0.481. The Kier molecular flexibility index (Phi) is 12.0. The van der Waals surface area contributed by atoms with Gasteiger partial charge in [0.2, 0.25) is 0 Å². The predicted molar refractivity (Wildman–Crippen MR) is 134 cm³/mol. The zero-order valence-corrected chi connectivity index (χ0v) is 20.4. The van der Waals surface area contributed by atoms with E-state index in [0.717, 1.165) is 24.0 Å². The molecule has 2 N–H and O–H groups in total. The normalized spacial score (nSPS) is 13.9. The molecule has 0 aliphatic carbocycles. The van der Waals surface area contributed by atoms with Crippen LogP contribution in [0.15, 0.2) is 54.6 Å². The minimum absolute atomic E-state index is 0.0288. The van der Waals surface area contributed by atoms with Gasteiger partial charge in [0, 0.05) is 18.8 Å². The van der Waals surface area contributed by atoms with Gasteiger partial charge in [0.25, 0.3) is 0 Å². The Morgan fingerprint density at radius 3 is 2.15 bits per heavy atom. The lowest BCUT2D eigenvalue weighted by molar-refractivity contribution is -0.148. The maximum Gasteiger partial charge on any atom is 0.334 e. The number of hydrogen-bond donors (Lipinski definition) is 2. The van der Waals surface area contributed by atoms with Crippen molar-refractivity contribution < 1.29 is 24.5 Å². The van der Waals surface area contributed by atoms with Crippen molar-refractivity contribution in [2.45, 2.75) is 69.1 Å². The third kappa shape index (κ3) is 8.52. The van der Waals surface area contributed by atoms with E-state index in [4.69, 9.17) is 9.84 Å². The predicted octanol–water partition coefficient (Wildman–Crippen LogP) is 6.53. The highest BCUT2D eigenvalue weighted by atomic mass is 32.2. The zero-order chi connectivity index (χ0) is 24.1. The van der Waals surface area contributed by atoms with Crippen LogP contribution < -0.4 is 0 Å². The molecule has 3 unspecified atom stereocenters. The monoisotopic (exact) mass is 472 g/mol. The summed E-state index contributed by atoms with van der Waals surface area (Å²) in [5.41, 5.74) is 3.21. The lowest BCUT2D eigenvalue weighted by Gasteiger charge is -2.28. The minimum Gasteiger partial charge on any atom is -0.481 e. The van der Waals surface area contributed by atoms with Gasteiger partial charge in [-0.15, -0.1) is 11.8 Å². The molecule has 0 aliphatic heterocycles. The first-order valence-electron chi connectivity index (χ1n) is 11.7. The molecule has 0 heterocycles. The summed E-state index contributed by atoms with van der Waals surface area (Å²) in [6.07, 6.45) is 5.81. The third-order valence-corrected chi connectivity index (χ3v) is 7.16. The number of carboxylic acids is 2. The van der Waals surface area contributed by atoms with E-state index in [9.17, 15) is 14.7 Å². The van der Waals surface area contributed by atoms with E-state index in [0.29, 0.717) is 5.75 Å². The van der Waals surface area contributed by atoms with Crippen LogP contribution in [0.5, 0.6) is 0 Å². The highest BCUT2D eigenvalue weighted by molar-refractivity contribution is 7.99. The molecular weight excluding hydrogens is 436 g/mol. The Morgan fingerprint density at radius 2 is 1.55 bits per heavy atom. The Hall–Kier alpha value is -2.31. The van der Waals surface area contributed by atoms with Gasteiger partial charge in [-0.2, -0.15) is 0 Å². The number of carboxylic acid groups (broad SMARTS) is 2. The molecule has 0 aliphatic rings. The molecule has 0 saturated carbocycles. The molecular formula is C27H36O5S. The largest absolute Gasteiger partial charge is 0.481 e. The van der Waals surface area contributed by atoms with Crippen LogP contribution in [0, 0.1) is 0 Å². The molecule has 0 amide bonds. The van der Waals surface area contributed by atoms with Gasteiger partial charge in [-0.3, -0.25) is 4.79 Å². The Bertz CT molecular complexity index is 855. The van der Waals surface area contributed by atoms with Crippen molar-refractivity contribution in [3.63, 3.8) is 0 Å². The quantitative estimate of drug-likeness (QED) is 0.270. The molecule has 0 aromatic heterocycles. The summed E-state index contributed by atoms with van der Waals surface area (Å²) in [4.78, 5) is 23.1. The van der Waals surface area contributed by atoms with Crippen molar-refractivity contribution in [1.29, 1.82) is 0 Å². The van der Waals surface area contributed by atoms with Crippen molar-refractivity contribution in [1.82, 2.24) is 0 Å². The molecule has 33 heavy (non-hydrogen) atoms. The molecule has 0 saturated heterocycles. The molecule has 2 rings (SSSR count). The second-order valence-corrected chi connectivity index (χ2v) is 9.47. The van der Waals surface area contributed by atoms with E-state index in [1.807, 2.05) is 36.4 Å². The number of ether oxygens (including phenoxy) is 1. The van der Waals surface area contributed by atoms with Crippen molar-refractivity contribution in [3.8, 4) is 0 Å². The molecule has 2 aromatic rings. The van der Waals surface area contributed by atoms with Crippen molar-refractivity contribution in [2.75, 3.05) is 12.9 Å². The number of thioether (sulfide) groups is 1. The smallest absolute Gasteiger partial charge is 0.334 e. The maximum atomic E-state index is 12.0. The summed E-state index contributed by atoms with van der Waals surface area (Å²) in [6, 6.07) is 18.3. The van der Waals surface area contributed by atoms with E-state index in [1.54, 1.807) is 0 Å². The number of unbranched alkanes of at least 4 members (excludes halogenated alkanes) is 4. The summed E-state index contributed by atoms with van der Waals surface area (Å²) in [7, 11) is 1.40. The molecule has 0 fully saturated rings.